The van der Waals surface area contributed by atoms with E-state index >= 15 is 0 Å². The number of carbonyl (C=O) groups excluding carboxylic acids is 2. The van der Waals surface area contributed by atoms with Gasteiger partial charge in [0, 0.05) is 17.0 Å². The van der Waals surface area contributed by atoms with E-state index in [9.17, 15) is 9.59 Å². The number of rotatable bonds is 5. The van der Waals surface area contributed by atoms with Crippen molar-refractivity contribution in [2.45, 2.75) is 45.7 Å². The molecular weight excluding hydrogens is 400 g/mol. The third kappa shape index (κ3) is 4.00. The first-order chi connectivity index (χ1) is 14.4. The molecular formula is C22H24N4O3S. The second-order valence-electron chi connectivity index (χ2n) is 7.61. The number of benzene rings is 1. The van der Waals surface area contributed by atoms with E-state index in [1.165, 1.54) is 0 Å². The van der Waals surface area contributed by atoms with E-state index in [4.69, 9.17) is 4.52 Å². The van der Waals surface area contributed by atoms with Gasteiger partial charge in [-0.1, -0.05) is 28.9 Å². The maximum absolute atomic E-state index is 13.3. The van der Waals surface area contributed by atoms with Crippen LogP contribution >= 0.6 is 11.3 Å². The van der Waals surface area contributed by atoms with Crippen LogP contribution in [0.25, 0.3) is 0 Å². The zero-order valence-corrected chi connectivity index (χ0v) is 18.0. The predicted octanol–water partition coefficient (Wildman–Crippen LogP) is 4.11. The van der Waals surface area contributed by atoms with Crippen molar-refractivity contribution in [1.82, 2.24) is 15.5 Å². The quantitative estimate of drug-likeness (QED) is 0.666. The summed E-state index contributed by atoms with van der Waals surface area (Å²) in [5.41, 5.74) is 1.93. The Kier molecular flexibility index (Phi) is 5.67. The molecule has 30 heavy (non-hydrogen) atoms. The fourth-order valence-corrected chi connectivity index (χ4v) is 4.71. The van der Waals surface area contributed by atoms with Gasteiger partial charge in [-0.2, -0.15) is 4.98 Å². The Morgan fingerprint density at radius 2 is 2.03 bits per heavy atom. The molecule has 1 N–H and O–H groups in total. The summed E-state index contributed by atoms with van der Waals surface area (Å²) in [4.78, 5) is 33.2. The number of piperidine rings is 1. The highest BCUT2D eigenvalue weighted by atomic mass is 32.1. The van der Waals surface area contributed by atoms with Crippen molar-refractivity contribution in [3.05, 3.63) is 63.9 Å². The Morgan fingerprint density at radius 3 is 2.67 bits per heavy atom. The summed E-state index contributed by atoms with van der Waals surface area (Å²) in [5.74, 6) is 0.421. The van der Waals surface area contributed by atoms with Gasteiger partial charge < -0.3 is 14.7 Å². The molecule has 0 bridgehead atoms. The first-order valence-electron chi connectivity index (χ1n) is 9.96. The van der Waals surface area contributed by atoms with E-state index in [0.717, 1.165) is 16.1 Å². The molecule has 3 heterocycles. The molecule has 0 spiro atoms. The first-order valence-corrected chi connectivity index (χ1v) is 10.8. The topological polar surface area (TPSA) is 88.3 Å². The van der Waals surface area contributed by atoms with Crippen LogP contribution in [-0.4, -0.2) is 22.0 Å². The first kappa shape index (κ1) is 20.3. The van der Waals surface area contributed by atoms with E-state index in [0.29, 0.717) is 24.6 Å². The summed E-state index contributed by atoms with van der Waals surface area (Å²) in [6.07, 6.45) is 0.813. The molecule has 0 saturated carbocycles. The van der Waals surface area contributed by atoms with Gasteiger partial charge in [0.25, 0.3) is 0 Å². The molecule has 7 nitrogen and oxygen atoms in total. The molecule has 1 aliphatic rings. The smallest absolute Gasteiger partial charge is 0.248 e. The van der Waals surface area contributed by atoms with Crippen molar-refractivity contribution < 1.29 is 14.1 Å². The van der Waals surface area contributed by atoms with E-state index in [-0.39, 0.29) is 23.8 Å². The standard InChI is InChI=1S/C22H24N4O3S/c1-13-6-8-16(9-7-13)26-19(27)11-10-17(20(26)18-5-4-12-30-18)21(28)23-14(2)22-24-15(3)25-29-22/h4-9,12,14,17,20H,10-11H2,1-3H3,(H,23,28)/t14-,17-,20-/m0/s1. The van der Waals surface area contributed by atoms with E-state index in [1.54, 1.807) is 23.2 Å². The number of aryl methyl sites for hydroxylation is 2. The second-order valence-corrected chi connectivity index (χ2v) is 8.59. The van der Waals surface area contributed by atoms with Gasteiger partial charge in [0.05, 0.1) is 12.0 Å². The molecule has 1 fully saturated rings. The van der Waals surface area contributed by atoms with E-state index in [2.05, 4.69) is 15.5 Å². The fourth-order valence-electron chi connectivity index (χ4n) is 3.83. The molecule has 2 aromatic heterocycles. The highest BCUT2D eigenvalue weighted by Crippen LogP contribution is 2.41. The molecule has 156 valence electrons. The van der Waals surface area contributed by atoms with Crippen molar-refractivity contribution in [3.8, 4) is 0 Å². The zero-order valence-electron chi connectivity index (χ0n) is 17.2. The third-order valence-corrected chi connectivity index (χ3v) is 6.30. The van der Waals surface area contributed by atoms with Crippen molar-refractivity contribution >= 4 is 28.8 Å². The maximum atomic E-state index is 13.3. The summed E-state index contributed by atoms with van der Waals surface area (Å²) in [7, 11) is 0. The minimum absolute atomic E-state index is 0.0295. The number of hydrogen-bond donors (Lipinski definition) is 1. The van der Waals surface area contributed by atoms with Crippen molar-refractivity contribution in [1.29, 1.82) is 0 Å². The van der Waals surface area contributed by atoms with Crippen molar-refractivity contribution in [2.24, 2.45) is 5.92 Å². The summed E-state index contributed by atoms with van der Waals surface area (Å²) in [5, 5.41) is 8.76. The minimum atomic E-state index is -0.409. The second kappa shape index (κ2) is 8.39. The van der Waals surface area contributed by atoms with Crippen LogP contribution in [0.15, 0.2) is 46.3 Å². The highest BCUT2D eigenvalue weighted by molar-refractivity contribution is 7.10. The van der Waals surface area contributed by atoms with Crippen LogP contribution in [0.2, 0.25) is 0 Å². The number of nitrogens with zero attached hydrogens (tertiary/aromatic N) is 3. The average Bonchev–Trinajstić information content (AvgIpc) is 3.40. The molecule has 0 aliphatic carbocycles. The zero-order chi connectivity index (χ0) is 21.3. The monoisotopic (exact) mass is 424 g/mol. The number of hydrogen-bond acceptors (Lipinski definition) is 6. The number of anilines is 1. The summed E-state index contributed by atoms with van der Waals surface area (Å²) in [6.45, 7) is 5.56. The van der Waals surface area contributed by atoms with Gasteiger partial charge in [-0.25, -0.2) is 0 Å². The third-order valence-electron chi connectivity index (χ3n) is 5.35. The Bertz CT molecular complexity index is 1030. The minimum Gasteiger partial charge on any atom is -0.344 e. The summed E-state index contributed by atoms with van der Waals surface area (Å²) < 4.78 is 5.19. The Morgan fingerprint density at radius 1 is 1.27 bits per heavy atom. The normalized spacial score (nSPS) is 20.2. The molecule has 1 aromatic carbocycles. The van der Waals surface area contributed by atoms with Crippen molar-refractivity contribution in [2.75, 3.05) is 4.90 Å². The van der Waals surface area contributed by atoms with Crippen LogP contribution in [-0.2, 0) is 9.59 Å². The van der Waals surface area contributed by atoms with Gasteiger partial charge in [-0.3, -0.25) is 9.59 Å². The van der Waals surface area contributed by atoms with Crippen molar-refractivity contribution in [3.63, 3.8) is 0 Å². The predicted molar refractivity (Wildman–Crippen MR) is 114 cm³/mol. The van der Waals surface area contributed by atoms with Crippen LogP contribution in [0.4, 0.5) is 5.69 Å². The van der Waals surface area contributed by atoms with Crippen LogP contribution in [0.1, 0.15) is 54.0 Å². The molecule has 2 amide bonds. The number of nitrogens with one attached hydrogen (secondary N) is 1. The lowest BCUT2D eigenvalue weighted by Crippen LogP contribution is -2.48. The molecule has 0 unspecified atom stereocenters. The lowest BCUT2D eigenvalue weighted by Gasteiger charge is -2.40. The van der Waals surface area contributed by atoms with Crippen LogP contribution in [0, 0.1) is 19.8 Å². The van der Waals surface area contributed by atoms with E-state index < -0.39 is 6.04 Å². The van der Waals surface area contributed by atoms with Gasteiger partial charge in [0.2, 0.25) is 17.7 Å². The van der Waals surface area contributed by atoms with Gasteiger partial charge in [0.15, 0.2) is 5.82 Å². The lowest BCUT2D eigenvalue weighted by atomic mass is 9.86. The molecule has 4 rings (SSSR count). The largest absolute Gasteiger partial charge is 0.344 e. The Labute approximate surface area is 179 Å². The molecule has 3 aromatic rings. The number of amides is 2. The molecule has 0 radical (unpaired) electrons. The van der Waals surface area contributed by atoms with Gasteiger partial charge in [-0.15, -0.1) is 11.3 Å². The number of aromatic nitrogens is 2. The number of carbonyl (C=O) groups is 2. The molecule has 1 saturated heterocycles. The molecule has 1 aliphatic heterocycles. The Balaban J connectivity index is 1.65. The van der Waals surface area contributed by atoms with E-state index in [1.807, 2.05) is 55.6 Å². The Hall–Kier alpha value is -3.00. The molecule has 8 heteroatoms. The van der Waals surface area contributed by atoms with Gasteiger partial charge in [-0.05, 0) is 50.8 Å². The number of thiophene rings is 1. The molecule has 3 atom stereocenters. The summed E-state index contributed by atoms with van der Waals surface area (Å²) in [6, 6.07) is 11.0. The SMILES string of the molecule is Cc1ccc(N2C(=O)CC[C@H](C(=O)N[C@@H](C)c3nc(C)no3)[C@H]2c2cccs2)cc1. The van der Waals surface area contributed by atoms with Crippen LogP contribution < -0.4 is 10.2 Å². The maximum Gasteiger partial charge on any atom is 0.248 e. The summed E-state index contributed by atoms with van der Waals surface area (Å²) >= 11 is 1.56. The van der Waals surface area contributed by atoms with Crippen LogP contribution in [0.3, 0.4) is 0 Å². The highest BCUT2D eigenvalue weighted by Gasteiger charge is 2.42. The van der Waals surface area contributed by atoms with Crippen LogP contribution in [0.5, 0.6) is 0 Å². The average molecular weight is 425 g/mol. The van der Waals surface area contributed by atoms with Gasteiger partial charge >= 0.3 is 0 Å². The lowest BCUT2D eigenvalue weighted by molar-refractivity contribution is -0.129. The van der Waals surface area contributed by atoms with Gasteiger partial charge in [0.1, 0.15) is 6.04 Å². The fraction of sp³-hybridized carbons (Fsp3) is 0.364.